The Labute approximate surface area is 306 Å². The highest BCUT2D eigenvalue weighted by Crippen LogP contribution is 2.42. The highest BCUT2D eigenvalue weighted by atomic mass is 32.1. The summed E-state index contributed by atoms with van der Waals surface area (Å²) >= 11 is 1.88. The van der Waals surface area contributed by atoms with Crippen LogP contribution in [0.15, 0.2) is 153 Å². The van der Waals surface area contributed by atoms with Crippen LogP contribution in [0.1, 0.15) is 18.1 Å². The summed E-state index contributed by atoms with van der Waals surface area (Å²) in [6, 6.07) is 46.4. The standard InChI is InChI=1S/C50H35NS/c1-5-8-16-36-28-39-29-38(27-35-18-10-9-17-33(35)6-2)32(4)49(44(39)30-34(36)7-3)51-46-23-13-11-19-41(46)45-31-37(25-26-47(45)51)40-21-15-22-43-42-20-12-14-24-48(42)52-50(40)43/h5,8-31H,2-3H2,1,4H3/b8-5-,35-27-,36-16-. The Hall–Kier alpha value is -6.40. The van der Waals surface area contributed by atoms with Crippen LogP contribution in [-0.4, -0.2) is 4.57 Å². The van der Waals surface area contributed by atoms with Gasteiger partial charge in [0.15, 0.2) is 0 Å². The number of para-hydroxylation sites is 1. The smallest absolute Gasteiger partial charge is 0.0576 e. The summed E-state index contributed by atoms with van der Waals surface area (Å²) in [5.41, 5.74) is 14.7. The maximum absolute atomic E-state index is 4.09. The quantitative estimate of drug-likeness (QED) is 0.174. The minimum absolute atomic E-state index is 0.981. The highest BCUT2D eigenvalue weighted by molar-refractivity contribution is 7.26. The van der Waals surface area contributed by atoms with Crippen molar-refractivity contribution in [3.63, 3.8) is 0 Å². The Balaban J connectivity index is 1.39. The van der Waals surface area contributed by atoms with Gasteiger partial charge in [-0.25, -0.2) is 0 Å². The van der Waals surface area contributed by atoms with Gasteiger partial charge in [-0.05, 0) is 107 Å². The first-order chi connectivity index (χ1) is 25.6. The first-order valence-electron chi connectivity index (χ1n) is 17.6. The fourth-order valence-corrected chi connectivity index (χ4v) is 9.05. The predicted molar refractivity (Wildman–Crippen MR) is 227 cm³/mol. The van der Waals surface area contributed by atoms with Crippen LogP contribution in [0.3, 0.4) is 0 Å². The first-order valence-corrected chi connectivity index (χ1v) is 18.4. The molecule has 0 saturated carbocycles. The summed E-state index contributed by atoms with van der Waals surface area (Å²) in [7, 11) is 0. The zero-order chi connectivity index (χ0) is 35.3. The number of hydrogen-bond donors (Lipinski definition) is 0. The van der Waals surface area contributed by atoms with E-state index in [0.717, 1.165) is 42.9 Å². The molecule has 2 aromatic heterocycles. The van der Waals surface area contributed by atoms with E-state index in [-0.39, 0.29) is 0 Å². The lowest BCUT2D eigenvalue weighted by Gasteiger charge is -2.18. The molecule has 2 heterocycles. The van der Waals surface area contributed by atoms with Gasteiger partial charge in [-0.3, -0.25) is 0 Å². The molecule has 7 aromatic carbocycles. The molecule has 0 atom stereocenters. The van der Waals surface area contributed by atoms with Crippen molar-refractivity contribution in [3.8, 4) is 16.8 Å². The molecule has 2 heteroatoms. The van der Waals surface area contributed by atoms with E-state index in [1.807, 2.05) is 30.4 Å². The molecule has 0 spiro atoms. The van der Waals surface area contributed by atoms with Crippen molar-refractivity contribution in [1.82, 2.24) is 4.57 Å². The molecule has 0 N–H and O–H groups in total. The van der Waals surface area contributed by atoms with Crippen LogP contribution in [0.4, 0.5) is 0 Å². The number of benzene rings is 7. The number of allylic oxidation sites excluding steroid dienone is 2. The molecule has 0 unspecified atom stereocenters. The van der Waals surface area contributed by atoms with E-state index >= 15 is 0 Å². The van der Waals surface area contributed by atoms with Gasteiger partial charge < -0.3 is 4.57 Å². The number of thiophene rings is 1. The lowest BCUT2D eigenvalue weighted by Crippen LogP contribution is -2.24. The third-order valence-corrected chi connectivity index (χ3v) is 11.5. The second-order valence-corrected chi connectivity index (χ2v) is 14.3. The number of fused-ring (bicyclic) bond motifs is 7. The Morgan fingerprint density at radius 1 is 0.635 bits per heavy atom. The van der Waals surface area contributed by atoms with Crippen LogP contribution < -0.4 is 20.9 Å². The van der Waals surface area contributed by atoms with Gasteiger partial charge in [-0.1, -0.05) is 110 Å². The molecule has 0 aliphatic rings. The van der Waals surface area contributed by atoms with Crippen LogP contribution in [-0.2, 0) is 0 Å². The number of rotatable bonds is 4. The molecular formula is C50H35NS. The van der Waals surface area contributed by atoms with Crippen molar-refractivity contribution in [2.75, 3.05) is 0 Å². The summed E-state index contributed by atoms with van der Waals surface area (Å²) in [5, 5.41) is 11.5. The van der Waals surface area contributed by atoms with Crippen molar-refractivity contribution in [2.45, 2.75) is 13.8 Å². The van der Waals surface area contributed by atoms with E-state index in [9.17, 15) is 0 Å². The summed E-state index contributed by atoms with van der Waals surface area (Å²) in [5.74, 6) is 0. The van der Waals surface area contributed by atoms with Gasteiger partial charge in [-0.15, -0.1) is 22.8 Å². The molecule has 0 aliphatic carbocycles. The summed E-state index contributed by atoms with van der Waals surface area (Å²) in [6.07, 6.45) is 8.53. The minimum Gasteiger partial charge on any atom is -0.308 e. The fourth-order valence-electron chi connectivity index (χ4n) is 7.81. The monoisotopic (exact) mass is 681 g/mol. The van der Waals surface area contributed by atoms with Gasteiger partial charge >= 0.3 is 0 Å². The Kier molecular flexibility index (Phi) is 7.73. The second-order valence-electron chi connectivity index (χ2n) is 13.2. The van der Waals surface area contributed by atoms with Crippen LogP contribution in [0.5, 0.6) is 0 Å². The molecule has 0 aliphatic heterocycles. The van der Waals surface area contributed by atoms with Gasteiger partial charge in [0.05, 0.1) is 16.7 Å². The van der Waals surface area contributed by atoms with Crippen molar-refractivity contribution in [1.29, 1.82) is 0 Å². The van der Waals surface area contributed by atoms with Crippen molar-refractivity contribution in [2.24, 2.45) is 0 Å². The van der Waals surface area contributed by atoms with E-state index in [1.54, 1.807) is 0 Å². The third kappa shape index (κ3) is 5.02. The molecule has 9 rings (SSSR count). The average Bonchev–Trinajstić information content (AvgIpc) is 3.73. The topological polar surface area (TPSA) is 4.93 Å². The molecule has 1 nitrogen and oxygen atoms in total. The maximum Gasteiger partial charge on any atom is 0.0576 e. The number of aromatic nitrogens is 1. The zero-order valence-corrected chi connectivity index (χ0v) is 30.0. The lowest BCUT2D eigenvalue weighted by atomic mass is 9.96. The van der Waals surface area contributed by atoms with Crippen molar-refractivity contribution < 1.29 is 0 Å². The Bertz CT molecular complexity index is 3270. The molecule has 0 bridgehead atoms. The predicted octanol–water partition coefficient (Wildman–Crippen LogP) is 10.6. The van der Waals surface area contributed by atoms with Gasteiger partial charge in [0.1, 0.15) is 0 Å². The largest absolute Gasteiger partial charge is 0.308 e. The van der Waals surface area contributed by atoms with E-state index in [1.165, 1.54) is 58.7 Å². The highest BCUT2D eigenvalue weighted by Gasteiger charge is 2.19. The first kappa shape index (κ1) is 31.6. The second kappa shape index (κ2) is 12.7. The molecule has 9 aromatic rings. The lowest BCUT2D eigenvalue weighted by molar-refractivity contribution is 1.16. The zero-order valence-electron chi connectivity index (χ0n) is 29.2. The van der Waals surface area contributed by atoms with Crippen LogP contribution in [0.2, 0.25) is 0 Å². The average molecular weight is 682 g/mol. The van der Waals surface area contributed by atoms with Crippen molar-refractivity contribution in [3.05, 3.63) is 185 Å². The van der Waals surface area contributed by atoms with Gasteiger partial charge in [0.2, 0.25) is 0 Å². The van der Waals surface area contributed by atoms with E-state index in [2.05, 4.69) is 176 Å². The van der Waals surface area contributed by atoms with Gasteiger partial charge in [0.25, 0.3) is 0 Å². The van der Waals surface area contributed by atoms with Crippen LogP contribution in [0, 0.1) is 6.92 Å². The van der Waals surface area contributed by atoms with E-state index in [0.29, 0.717) is 0 Å². The van der Waals surface area contributed by atoms with Crippen LogP contribution in [0.25, 0.3) is 93.2 Å². The molecule has 246 valence electrons. The van der Waals surface area contributed by atoms with Crippen molar-refractivity contribution >= 4 is 87.7 Å². The van der Waals surface area contributed by atoms with Gasteiger partial charge in [-0.2, -0.15) is 0 Å². The third-order valence-electron chi connectivity index (χ3n) is 10.3. The minimum atomic E-state index is 0.981. The molecule has 0 fully saturated rings. The SMILES string of the molecule is C=C=c1cccc/c1=C/c1cc2c/c(=C/C=C\C)c(=C=C)cc2c(-n2c3ccccc3c3cc(-c4cccc5c4sc4ccccc45)ccc32)c1C. The molecular weight excluding hydrogens is 647 g/mol. The number of hydrogen-bond acceptors (Lipinski definition) is 1. The Morgan fingerprint density at radius 2 is 1.38 bits per heavy atom. The maximum atomic E-state index is 4.09. The van der Waals surface area contributed by atoms with Crippen LogP contribution >= 0.6 is 11.3 Å². The number of nitrogens with zero attached hydrogens (tertiary/aromatic N) is 1. The summed E-state index contributed by atoms with van der Waals surface area (Å²) < 4.78 is 5.11. The molecule has 0 radical (unpaired) electrons. The Morgan fingerprint density at radius 3 is 2.23 bits per heavy atom. The van der Waals surface area contributed by atoms with Gasteiger partial charge in [0, 0.05) is 46.8 Å². The normalized spacial score (nSPS) is 12.6. The summed E-state index contributed by atoms with van der Waals surface area (Å²) in [4.78, 5) is 0. The molecule has 52 heavy (non-hydrogen) atoms. The van der Waals surface area contributed by atoms with E-state index in [4.69, 9.17) is 0 Å². The molecule has 0 saturated heterocycles. The van der Waals surface area contributed by atoms with E-state index < -0.39 is 0 Å². The summed E-state index contributed by atoms with van der Waals surface area (Å²) in [6.45, 7) is 12.4. The molecule has 0 amide bonds. The fraction of sp³-hybridized carbons (Fsp3) is 0.0400.